The number of carbonyl (C=O) groups excluding carboxylic acids is 4. The van der Waals surface area contributed by atoms with Crippen molar-refractivity contribution < 1.29 is 29.1 Å². The number of primary amides is 1. The van der Waals surface area contributed by atoms with Crippen LogP contribution in [0.3, 0.4) is 0 Å². The molecule has 0 aliphatic carbocycles. The number of likely N-dealkylation sites (tertiary alicyclic amines) is 1. The average molecular weight is 413 g/mol. The fraction of sp³-hybridized carbons (Fsp3) is 0.722. The van der Waals surface area contributed by atoms with Crippen LogP contribution in [0.1, 0.15) is 46.0 Å². The summed E-state index contributed by atoms with van der Waals surface area (Å²) in [5.74, 6) is -3.56. The predicted molar refractivity (Wildman–Crippen MR) is 103 cm³/mol. The molecule has 164 valence electrons. The molecule has 0 radical (unpaired) electrons. The Hall–Kier alpha value is -2.69. The van der Waals surface area contributed by atoms with Crippen molar-refractivity contribution in [2.75, 3.05) is 13.1 Å². The van der Waals surface area contributed by atoms with Crippen LogP contribution in [0, 0.1) is 5.92 Å². The van der Waals surface area contributed by atoms with Gasteiger partial charge in [-0.05, 0) is 25.2 Å². The van der Waals surface area contributed by atoms with Gasteiger partial charge in [-0.3, -0.25) is 19.2 Å². The van der Waals surface area contributed by atoms with Crippen molar-refractivity contribution >= 4 is 29.6 Å². The standard InChI is InChI=1S/C18H31N5O6/c1-3-10(2)15(20)16(26)21-9-14(25)22-11(6-7-13(19)24)17(27)23-8-4-5-12(23)18(28)29/h10-12,15H,3-9,20H2,1-2H3,(H2,19,24)(H,21,26)(H,22,25)(H,28,29). The van der Waals surface area contributed by atoms with Crippen LogP contribution in [-0.4, -0.2) is 70.8 Å². The van der Waals surface area contributed by atoms with Crippen molar-refractivity contribution in [1.82, 2.24) is 15.5 Å². The van der Waals surface area contributed by atoms with Gasteiger partial charge in [0, 0.05) is 13.0 Å². The maximum atomic E-state index is 12.8. The summed E-state index contributed by atoms with van der Waals surface area (Å²) in [6, 6.07) is -2.85. The lowest BCUT2D eigenvalue weighted by Gasteiger charge is -2.27. The Labute approximate surface area is 169 Å². The van der Waals surface area contributed by atoms with E-state index in [-0.39, 0.29) is 25.3 Å². The molecule has 0 bridgehead atoms. The van der Waals surface area contributed by atoms with Gasteiger partial charge in [0.25, 0.3) is 0 Å². The molecule has 11 nitrogen and oxygen atoms in total. The van der Waals surface area contributed by atoms with Crippen molar-refractivity contribution in [2.45, 2.75) is 64.1 Å². The van der Waals surface area contributed by atoms with Gasteiger partial charge in [-0.25, -0.2) is 4.79 Å². The van der Waals surface area contributed by atoms with E-state index in [0.29, 0.717) is 19.3 Å². The van der Waals surface area contributed by atoms with Gasteiger partial charge in [0.1, 0.15) is 12.1 Å². The topological polar surface area (TPSA) is 185 Å². The van der Waals surface area contributed by atoms with E-state index in [1.807, 2.05) is 13.8 Å². The molecule has 4 unspecified atom stereocenters. The Morgan fingerprint density at radius 3 is 2.45 bits per heavy atom. The number of hydrogen-bond donors (Lipinski definition) is 5. The van der Waals surface area contributed by atoms with Crippen LogP contribution in [0.2, 0.25) is 0 Å². The zero-order valence-electron chi connectivity index (χ0n) is 16.8. The van der Waals surface area contributed by atoms with Crippen LogP contribution in [-0.2, 0) is 24.0 Å². The highest BCUT2D eigenvalue weighted by Gasteiger charge is 2.37. The molecule has 7 N–H and O–H groups in total. The lowest BCUT2D eigenvalue weighted by atomic mass is 9.99. The zero-order chi connectivity index (χ0) is 22.1. The van der Waals surface area contributed by atoms with Crippen LogP contribution in [0.25, 0.3) is 0 Å². The van der Waals surface area contributed by atoms with E-state index in [1.165, 1.54) is 4.90 Å². The van der Waals surface area contributed by atoms with Gasteiger partial charge in [0.15, 0.2) is 0 Å². The normalized spacial score (nSPS) is 19.1. The van der Waals surface area contributed by atoms with E-state index >= 15 is 0 Å². The lowest BCUT2D eigenvalue weighted by Crippen LogP contribution is -2.54. The predicted octanol–water partition coefficient (Wildman–Crippen LogP) is -1.70. The number of aliphatic carboxylic acids is 1. The number of nitrogens with two attached hydrogens (primary N) is 2. The molecule has 29 heavy (non-hydrogen) atoms. The first-order valence-electron chi connectivity index (χ1n) is 9.72. The van der Waals surface area contributed by atoms with E-state index < -0.39 is 54.3 Å². The third-order valence-corrected chi connectivity index (χ3v) is 5.12. The van der Waals surface area contributed by atoms with Gasteiger partial charge in [0.05, 0.1) is 12.6 Å². The molecule has 1 heterocycles. The van der Waals surface area contributed by atoms with Crippen molar-refractivity contribution in [1.29, 1.82) is 0 Å². The lowest BCUT2D eigenvalue weighted by molar-refractivity contribution is -0.149. The second-order valence-corrected chi connectivity index (χ2v) is 7.28. The maximum Gasteiger partial charge on any atom is 0.326 e. The highest BCUT2D eigenvalue weighted by Crippen LogP contribution is 2.19. The van der Waals surface area contributed by atoms with Crippen LogP contribution in [0.15, 0.2) is 0 Å². The summed E-state index contributed by atoms with van der Waals surface area (Å²) in [6.45, 7) is 3.56. The van der Waals surface area contributed by atoms with Crippen LogP contribution in [0.5, 0.6) is 0 Å². The first-order chi connectivity index (χ1) is 13.6. The van der Waals surface area contributed by atoms with E-state index in [9.17, 15) is 29.1 Å². The number of amides is 4. The molecule has 1 saturated heterocycles. The summed E-state index contributed by atoms with van der Waals surface area (Å²) >= 11 is 0. The molecule has 4 atom stereocenters. The third-order valence-electron chi connectivity index (χ3n) is 5.12. The van der Waals surface area contributed by atoms with Crippen molar-refractivity contribution in [2.24, 2.45) is 17.4 Å². The van der Waals surface area contributed by atoms with Crippen molar-refractivity contribution in [3.8, 4) is 0 Å². The first kappa shape index (κ1) is 24.3. The minimum absolute atomic E-state index is 0.0638. The third kappa shape index (κ3) is 7.33. The fourth-order valence-electron chi connectivity index (χ4n) is 3.07. The van der Waals surface area contributed by atoms with E-state index in [0.717, 1.165) is 0 Å². The molecule has 1 fully saturated rings. The Bertz CT molecular complexity index is 640. The Kier molecular flexibility index (Phi) is 9.53. The maximum absolute atomic E-state index is 12.8. The highest BCUT2D eigenvalue weighted by molar-refractivity contribution is 5.93. The quantitative estimate of drug-likeness (QED) is 0.267. The molecule has 0 saturated carbocycles. The molecule has 1 rings (SSSR count). The van der Waals surface area contributed by atoms with Crippen LogP contribution >= 0.6 is 0 Å². The molecule has 0 aromatic rings. The number of carboxylic acids is 1. The van der Waals surface area contributed by atoms with Gasteiger partial charge < -0.3 is 32.1 Å². The van der Waals surface area contributed by atoms with Crippen molar-refractivity contribution in [3.05, 3.63) is 0 Å². The first-order valence-corrected chi connectivity index (χ1v) is 9.72. The summed E-state index contributed by atoms with van der Waals surface area (Å²) in [5.41, 5.74) is 10.9. The summed E-state index contributed by atoms with van der Waals surface area (Å²) in [7, 11) is 0. The molecule has 4 amide bonds. The monoisotopic (exact) mass is 413 g/mol. The van der Waals surface area contributed by atoms with Gasteiger partial charge >= 0.3 is 5.97 Å². The molecular weight excluding hydrogens is 382 g/mol. The van der Waals surface area contributed by atoms with Gasteiger partial charge in [-0.2, -0.15) is 0 Å². The van der Waals surface area contributed by atoms with Crippen LogP contribution in [0.4, 0.5) is 0 Å². The van der Waals surface area contributed by atoms with Crippen molar-refractivity contribution in [3.63, 3.8) is 0 Å². The van der Waals surface area contributed by atoms with E-state index in [1.54, 1.807) is 0 Å². The summed E-state index contributed by atoms with van der Waals surface area (Å²) < 4.78 is 0. The fourth-order valence-corrected chi connectivity index (χ4v) is 3.07. The smallest absolute Gasteiger partial charge is 0.326 e. The number of carbonyl (C=O) groups is 5. The minimum Gasteiger partial charge on any atom is -0.480 e. The number of nitrogens with one attached hydrogen (secondary N) is 2. The number of carboxylic acid groups (broad SMARTS) is 1. The molecule has 0 spiro atoms. The van der Waals surface area contributed by atoms with Gasteiger partial charge in [0.2, 0.25) is 23.6 Å². The molecule has 11 heteroatoms. The Morgan fingerprint density at radius 2 is 1.90 bits per heavy atom. The highest BCUT2D eigenvalue weighted by atomic mass is 16.4. The van der Waals surface area contributed by atoms with Gasteiger partial charge in [-0.15, -0.1) is 0 Å². The zero-order valence-corrected chi connectivity index (χ0v) is 16.8. The summed E-state index contributed by atoms with van der Waals surface area (Å²) in [4.78, 5) is 60.6. The average Bonchev–Trinajstić information content (AvgIpc) is 3.17. The second-order valence-electron chi connectivity index (χ2n) is 7.28. The molecule has 0 aromatic carbocycles. The SMILES string of the molecule is CCC(C)C(N)C(=O)NCC(=O)NC(CCC(N)=O)C(=O)N1CCCC1C(=O)O. The summed E-state index contributed by atoms with van der Waals surface area (Å²) in [6.07, 6.45) is 1.32. The molecule has 1 aliphatic heterocycles. The van der Waals surface area contributed by atoms with Gasteiger partial charge in [-0.1, -0.05) is 20.3 Å². The minimum atomic E-state index is -1.12. The number of hydrogen-bond acceptors (Lipinski definition) is 6. The number of rotatable bonds is 11. The Morgan fingerprint density at radius 1 is 1.24 bits per heavy atom. The second kappa shape index (κ2) is 11.3. The molecule has 0 aromatic heterocycles. The summed E-state index contributed by atoms with van der Waals surface area (Å²) in [5, 5.41) is 14.1. The Balaban J connectivity index is 2.73. The van der Waals surface area contributed by atoms with E-state index in [4.69, 9.17) is 11.5 Å². The van der Waals surface area contributed by atoms with Crippen LogP contribution < -0.4 is 22.1 Å². The molecular formula is C18H31N5O6. The largest absolute Gasteiger partial charge is 0.480 e. The number of nitrogens with zero attached hydrogens (tertiary/aromatic N) is 1. The molecule has 1 aliphatic rings. The van der Waals surface area contributed by atoms with E-state index in [2.05, 4.69) is 10.6 Å².